The molecular formula is C41H56N2O6. The monoisotopic (exact) mass is 672 g/mol. The van der Waals surface area contributed by atoms with Gasteiger partial charge in [0.25, 0.3) is 5.91 Å². The second-order valence-electron chi connectivity index (χ2n) is 12.5. The quantitative estimate of drug-likeness (QED) is 0.0305. The SMILES string of the molecule is CCCCCCCCCCOc1cc(C(=O)N/N=C/c2ccc(OC(=O)c3ccccc3)cc2)cc(O)c1OCCCCCCCCCC. The molecule has 0 unspecified atom stereocenters. The van der Waals surface area contributed by atoms with Crippen LogP contribution >= 0.6 is 0 Å². The van der Waals surface area contributed by atoms with Crippen molar-refractivity contribution in [2.24, 2.45) is 5.10 Å². The number of hydrazone groups is 1. The first-order valence-electron chi connectivity index (χ1n) is 18.3. The number of rotatable bonds is 25. The van der Waals surface area contributed by atoms with Crippen molar-refractivity contribution < 1.29 is 28.9 Å². The van der Waals surface area contributed by atoms with Crippen molar-refractivity contribution in [1.82, 2.24) is 5.43 Å². The van der Waals surface area contributed by atoms with E-state index in [0.29, 0.717) is 35.8 Å². The number of aromatic hydroxyl groups is 1. The number of nitrogens with zero attached hydrogens (tertiary/aromatic N) is 1. The summed E-state index contributed by atoms with van der Waals surface area (Å²) in [5.41, 5.74) is 3.89. The summed E-state index contributed by atoms with van der Waals surface area (Å²) in [4.78, 5) is 25.3. The Bertz CT molecular complexity index is 1390. The van der Waals surface area contributed by atoms with E-state index in [-0.39, 0.29) is 17.1 Å². The lowest BCUT2D eigenvalue weighted by Gasteiger charge is -2.16. The molecule has 0 aliphatic carbocycles. The number of phenols is 1. The maximum Gasteiger partial charge on any atom is 0.343 e. The predicted molar refractivity (Wildman–Crippen MR) is 197 cm³/mol. The van der Waals surface area contributed by atoms with Gasteiger partial charge in [-0.05, 0) is 66.9 Å². The number of ether oxygens (including phenoxy) is 3. The molecule has 3 aromatic carbocycles. The van der Waals surface area contributed by atoms with Gasteiger partial charge in [0.2, 0.25) is 5.75 Å². The molecule has 0 atom stereocenters. The lowest BCUT2D eigenvalue weighted by Crippen LogP contribution is -2.18. The molecule has 0 aliphatic heterocycles. The van der Waals surface area contributed by atoms with Gasteiger partial charge in [0, 0.05) is 5.56 Å². The summed E-state index contributed by atoms with van der Waals surface area (Å²) in [6.45, 7) is 5.40. The molecule has 0 aromatic heterocycles. The van der Waals surface area contributed by atoms with E-state index in [9.17, 15) is 14.7 Å². The molecule has 0 radical (unpaired) electrons. The Morgan fingerprint density at radius 3 is 1.82 bits per heavy atom. The van der Waals surface area contributed by atoms with Crippen molar-refractivity contribution in [2.75, 3.05) is 13.2 Å². The number of unbranched alkanes of at least 4 members (excludes halogenated alkanes) is 14. The summed E-state index contributed by atoms with van der Waals surface area (Å²) in [6, 6.07) is 18.5. The van der Waals surface area contributed by atoms with Gasteiger partial charge in [-0.1, -0.05) is 122 Å². The number of esters is 1. The third-order valence-electron chi connectivity index (χ3n) is 8.28. The number of hydrogen-bond acceptors (Lipinski definition) is 7. The zero-order valence-electron chi connectivity index (χ0n) is 29.6. The second-order valence-corrected chi connectivity index (χ2v) is 12.5. The Morgan fingerprint density at radius 2 is 1.22 bits per heavy atom. The number of nitrogens with one attached hydrogen (secondary N) is 1. The molecule has 0 heterocycles. The molecule has 266 valence electrons. The summed E-state index contributed by atoms with van der Waals surface area (Å²) in [6.07, 6.45) is 20.4. The Labute approximate surface area is 293 Å². The van der Waals surface area contributed by atoms with E-state index in [1.165, 1.54) is 89.3 Å². The summed E-state index contributed by atoms with van der Waals surface area (Å²) in [5, 5.41) is 15.0. The topological polar surface area (TPSA) is 106 Å². The van der Waals surface area contributed by atoms with Crippen LogP contribution in [0, 0.1) is 0 Å². The highest BCUT2D eigenvalue weighted by Crippen LogP contribution is 2.38. The fraction of sp³-hybridized carbons (Fsp3) is 0.488. The molecule has 0 aliphatic rings. The van der Waals surface area contributed by atoms with Gasteiger partial charge >= 0.3 is 5.97 Å². The molecule has 3 rings (SSSR count). The van der Waals surface area contributed by atoms with Crippen molar-refractivity contribution in [2.45, 2.75) is 117 Å². The van der Waals surface area contributed by atoms with Gasteiger partial charge in [-0.15, -0.1) is 0 Å². The zero-order chi connectivity index (χ0) is 34.9. The predicted octanol–water partition coefficient (Wildman–Crippen LogP) is 10.4. The van der Waals surface area contributed by atoms with E-state index in [0.717, 1.165) is 25.7 Å². The maximum absolute atomic E-state index is 13.0. The van der Waals surface area contributed by atoms with Crippen LogP contribution in [0.2, 0.25) is 0 Å². The summed E-state index contributed by atoms with van der Waals surface area (Å²) in [7, 11) is 0. The third kappa shape index (κ3) is 15.6. The highest BCUT2D eigenvalue weighted by molar-refractivity contribution is 5.96. The zero-order valence-corrected chi connectivity index (χ0v) is 29.6. The average molecular weight is 673 g/mol. The lowest BCUT2D eigenvalue weighted by atomic mass is 10.1. The fourth-order valence-electron chi connectivity index (χ4n) is 5.39. The van der Waals surface area contributed by atoms with Gasteiger partial charge < -0.3 is 19.3 Å². The Balaban J connectivity index is 1.54. The van der Waals surface area contributed by atoms with Crippen LogP contribution in [0.25, 0.3) is 0 Å². The minimum Gasteiger partial charge on any atom is -0.504 e. The highest BCUT2D eigenvalue weighted by atomic mass is 16.5. The first kappa shape index (κ1) is 39.1. The van der Waals surface area contributed by atoms with E-state index in [1.54, 1.807) is 54.6 Å². The average Bonchev–Trinajstić information content (AvgIpc) is 3.12. The van der Waals surface area contributed by atoms with Crippen molar-refractivity contribution >= 4 is 18.1 Å². The highest BCUT2D eigenvalue weighted by Gasteiger charge is 2.17. The normalized spacial score (nSPS) is 11.1. The van der Waals surface area contributed by atoms with Crippen LogP contribution in [0.5, 0.6) is 23.0 Å². The van der Waals surface area contributed by atoms with Crippen molar-refractivity contribution in [1.29, 1.82) is 0 Å². The Kier molecular flexibility index (Phi) is 19.1. The fourth-order valence-corrected chi connectivity index (χ4v) is 5.39. The smallest absolute Gasteiger partial charge is 0.343 e. The number of carbonyl (C=O) groups excluding carboxylic acids is 2. The van der Waals surface area contributed by atoms with Crippen LogP contribution in [0.3, 0.4) is 0 Å². The van der Waals surface area contributed by atoms with Crippen molar-refractivity contribution in [3.63, 3.8) is 0 Å². The van der Waals surface area contributed by atoms with Gasteiger partial charge in [-0.3, -0.25) is 4.79 Å². The Hall–Kier alpha value is -4.33. The number of hydrogen-bond donors (Lipinski definition) is 2. The molecule has 8 heteroatoms. The number of carbonyl (C=O) groups is 2. The molecule has 49 heavy (non-hydrogen) atoms. The Morgan fingerprint density at radius 1 is 0.673 bits per heavy atom. The van der Waals surface area contributed by atoms with Gasteiger partial charge in [0.1, 0.15) is 5.75 Å². The van der Waals surface area contributed by atoms with E-state index >= 15 is 0 Å². The standard InChI is InChI=1S/C41H56N2O6/c1-3-5-7-9-11-13-15-20-28-47-38-31-35(30-37(44)39(38)48-29-21-16-14-12-10-8-6-4-2)40(45)43-42-32-33-24-26-36(27-25-33)49-41(46)34-22-18-17-19-23-34/h17-19,22-27,30-32,44H,3-16,20-21,28-29H2,1-2H3,(H,43,45)/b42-32+. The minimum absolute atomic E-state index is 0.136. The lowest BCUT2D eigenvalue weighted by molar-refractivity contribution is 0.0734. The maximum atomic E-state index is 13.0. The molecule has 1 amide bonds. The van der Waals surface area contributed by atoms with Crippen molar-refractivity contribution in [3.8, 4) is 23.0 Å². The van der Waals surface area contributed by atoms with Crippen LogP contribution in [-0.2, 0) is 0 Å². The van der Waals surface area contributed by atoms with Crippen LogP contribution in [-0.4, -0.2) is 36.4 Å². The van der Waals surface area contributed by atoms with Crippen LogP contribution in [0.1, 0.15) is 143 Å². The first-order valence-corrected chi connectivity index (χ1v) is 18.3. The van der Waals surface area contributed by atoms with Crippen LogP contribution in [0.15, 0.2) is 71.8 Å². The molecule has 3 aromatic rings. The molecule has 0 saturated heterocycles. The summed E-state index contributed by atoms with van der Waals surface area (Å²) < 4.78 is 17.5. The van der Waals surface area contributed by atoms with E-state index < -0.39 is 11.9 Å². The molecule has 0 spiro atoms. The first-order chi connectivity index (χ1) is 24.0. The largest absolute Gasteiger partial charge is 0.504 e. The van der Waals surface area contributed by atoms with E-state index in [2.05, 4.69) is 24.4 Å². The minimum atomic E-state index is -0.494. The van der Waals surface area contributed by atoms with Gasteiger partial charge in [-0.2, -0.15) is 5.10 Å². The van der Waals surface area contributed by atoms with Gasteiger partial charge in [-0.25, -0.2) is 10.2 Å². The third-order valence-corrected chi connectivity index (χ3v) is 8.28. The molecule has 0 saturated carbocycles. The van der Waals surface area contributed by atoms with Crippen LogP contribution < -0.4 is 19.6 Å². The molecular weight excluding hydrogens is 616 g/mol. The second kappa shape index (κ2) is 23.9. The van der Waals surface area contributed by atoms with Crippen molar-refractivity contribution in [3.05, 3.63) is 83.4 Å². The molecule has 2 N–H and O–H groups in total. The molecule has 0 bridgehead atoms. The van der Waals surface area contributed by atoms with Gasteiger partial charge in [0.05, 0.1) is 25.0 Å². The van der Waals surface area contributed by atoms with E-state index in [4.69, 9.17) is 14.2 Å². The van der Waals surface area contributed by atoms with Crippen LogP contribution in [0.4, 0.5) is 0 Å². The number of amides is 1. The molecule has 0 fully saturated rings. The molecule has 8 nitrogen and oxygen atoms in total. The van der Waals surface area contributed by atoms with Gasteiger partial charge in [0.15, 0.2) is 11.5 Å². The van der Waals surface area contributed by atoms with E-state index in [1.807, 2.05) is 6.07 Å². The number of phenolic OH excluding ortho intramolecular Hbond substituents is 1. The number of benzene rings is 3. The summed E-state index contributed by atoms with van der Waals surface area (Å²) in [5.74, 6) is -0.0415. The summed E-state index contributed by atoms with van der Waals surface area (Å²) >= 11 is 0.